The molecule has 0 aliphatic rings. The molecular formula is C13H29N3O3. The molecule has 0 aromatic heterocycles. The van der Waals surface area contributed by atoms with Crippen LogP contribution >= 0.6 is 0 Å². The fraction of sp³-hybridized carbons (Fsp3) is 0.923. The van der Waals surface area contributed by atoms with Crippen LogP contribution in [-0.4, -0.2) is 70.0 Å². The Morgan fingerprint density at radius 2 is 2.00 bits per heavy atom. The molecule has 0 heterocycles. The monoisotopic (exact) mass is 275 g/mol. The van der Waals surface area contributed by atoms with Crippen LogP contribution in [0, 0.1) is 0 Å². The van der Waals surface area contributed by atoms with Crippen molar-refractivity contribution in [1.82, 2.24) is 10.2 Å². The number of hydrogen-bond donors (Lipinski definition) is 2. The molecule has 0 saturated carbocycles. The van der Waals surface area contributed by atoms with Crippen molar-refractivity contribution in [3.8, 4) is 0 Å². The first kappa shape index (κ1) is 18.3. The molecule has 1 amide bonds. The van der Waals surface area contributed by atoms with Crippen molar-refractivity contribution in [3.63, 3.8) is 0 Å². The van der Waals surface area contributed by atoms with Gasteiger partial charge in [-0.3, -0.25) is 9.69 Å². The molecule has 2 unspecified atom stereocenters. The molecule has 0 aliphatic carbocycles. The SMILES string of the molecule is CNC(C)(CCN(CCOC)C(C)COC)C(N)=O. The highest BCUT2D eigenvalue weighted by Gasteiger charge is 2.29. The summed E-state index contributed by atoms with van der Waals surface area (Å²) >= 11 is 0. The van der Waals surface area contributed by atoms with Crippen molar-refractivity contribution in [3.05, 3.63) is 0 Å². The molecule has 114 valence electrons. The van der Waals surface area contributed by atoms with E-state index in [2.05, 4.69) is 17.1 Å². The van der Waals surface area contributed by atoms with E-state index in [1.165, 1.54) is 0 Å². The number of rotatable bonds is 11. The van der Waals surface area contributed by atoms with Crippen LogP contribution in [0.3, 0.4) is 0 Å². The van der Waals surface area contributed by atoms with Gasteiger partial charge < -0.3 is 20.5 Å². The summed E-state index contributed by atoms with van der Waals surface area (Å²) in [5, 5.41) is 3.00. The van der Waals surface area contributed by atoms with Crippen LogP contribution in [-0.2, 0) is 14.3 Å². The van der Waals surface area contributed by atoms with E-state index in [9.17, 15) is 4.79 Å². The minimum Gasteiger partial charge on any atom is -0.383 e. The van der Waals surface area contributed by atoms with Gasteiger partial charge in [0, 0.05) is 33.4 Å². The maximum absolute atomic E-state index is 11.5. The number of carbonyl (C=O) groups is 1. The zero-order valence-corrected chi connectivity index (χ0v) is 12.9. The smallest absolute Gasteiger partial charge is 0.237 e. The number of carbonyl (C=O) groups excluding carboxylic acids is 1. The van der Waals surface area contributed by atoms with Crippen LogP contribution in [0.25, 0.3) is 0 Å². The van der Waals surface area contributed by atoms with Crippen LogP contribution < -0.4 is 11.1 Å². The summed E-state index contributed by atoms with van der Waals surface area (Å²) in [5.41, 5.74) is 4.75. The van der Waals surface area contributed by atoms with Gasteiger partial charge in [0.15, 0.2) is 0 Å². The van der Waals surface area contributed by atoms with Crippen molar-refractivity contribution in [2.24, 2.45) is 5.73 Å². The molecule has 3 N–H and O–H groups in total. The predicted molar refractivity (Wildman–Crippen MR) is 76.1 cm³/mol. The first-order valence-electron chi connectivity index (χ1n) is 6.62. The van der Waals surface area contributed by atoms with Crippen molar-refractivity contribution < 1.29 is 14.3 Å². The van der Waals surface area contributed by atoms with Gasteiger partial charge in [-0.25, -0.2) is 0 Å². The third-order valence-corrected chi connectivity index (χ3v) is 3.61. The highest BCUT2D eigenvalue weighted by Crippen LogP contribution is 2.11. The van der Waals surface area contributed by atoms with Gasteiger partial charge in [0.25, 0.3) is 0 Å². The summed E-state index contributed by atoms with van der Waals surface area (Å²) in [6, 6.07) is 0.272. The molecule has 0 saturated heterocycles. The fourth-order valence-electron chi connectivity index (χ4n) is 1.85. The zero-order valence-electron chi connectivity index (χ0n) is 12.9. The maximum atomic E-state index is 11.5. The second kappa shape index (κ2) is 9.25. The molecule has 0 aliphatic heterocycles. The Labute approximate surface area is 116 Å². The highest BCUT2D eigenvalue weighted by molar-refractivity contribution is 5.84. The van der Waals surface area contributed by atoms with Gasteiger partial charge in [-0.15, -0.1) is 0 Å². The van der Waals surface area contributed by atoms with E-state index in [1.807, 2.05) is 6.92 Å². The van der Waals surface area contributed by atoms with Gasteiger partial charge >= 0.3 is 0 Å². The van der Waals surface area contributed by atoms with Crippen LogP contribution in [0.4, 0.5) is 0 Å². The molecule has 0 radical (unpaired) electrons. The van der Waals surface area contributed by atoms with Crippen LogP contribution in [0.5, 0.6) is 0 Å². The lowest BCUT2D eigenvalue weighted by atomic mass is 9.96. The lowest BCUT2D eigenvalue weighted by Crippen LogP contribution is -2.54. The Hall–Kier alpha value is -0.690. The van der Waals surface area contributed by atoms with Gasteiger partial charge in [0.1, 0.15) is 0 Å². The Bertz CT molecular complexity index is 264. The number of ether oxygens (including phenoxy) is 2. The average Bonchev–Trinajstić information content (AvgIpc) is 2.38. The summed E-state index contributed by atoms with van der Waals surface area (Å²) in [4.78, 5) is 13.7. The van der Waals surface area contributed by atoms with E-state index in [0.717, 1.165) is 13.1 Å². The summed E-state index contributed by atoms with van der Waals surface area (Å²) in [7, 11) is 5.12. The summed E-state index contributed by atoms with van der Waals surface area (Å²) < 4.78 is 10.3. The van der Waals surface area contributed by atoms with Crippen molar-refractivity contribution in [2.45, 2.75) is 31.8 Å². The van der Waals surface area contributed by atoms with Crippen LogP contribution in [0.15, 0.2) is 0 Å². The third-order valence-electron chi connectivity index (χ3n) is 3.61. The number of nitrogens with two attached hydrogens (primary N) is 1. The summed E-state index contributed by atoms with van der Waals surface area (Å²) in [6.45, 7) is 6.79. The largest absolute Gasteiger partial charge is 0.383 e. The van der Waals surface area contributed by atoms with E-state index < -0.39 is 5.54 Å². The molecule has 0 fully saturated rings. The maximum Gasteiger partial charge on any atom is 0.237 e. The fourth-order valence-corrected chi connectivity index (χ4v) is 1.85. The van der Waals surface area contributed by atoms with E-state index >= 15 is 0 Å². The van der Waals surface area contributed by atoms with Gasteiger partial charge in [0.05, 0.1) is 18.8 Å². The van der Waals surface area contributed by atoms with Crippen molar-refractivity contribution in [1.29, 1.82) is 0 Å². The highest BCUT2D eigenvalue weighted by atomic mass is 16.5. The van der Waals surface area contributed by atoms with Crippen molar-refractivity contribution in [2.75, 3.05) is 47.6 Å². The number of nitrogens with one attached hydrogen (secondary N) is 1. The van der Waals surface area contributed by atoms with Crippen LogP contribution in [0.1, 0.15) is 20.3 Å². The average molecular weight is 275 g/mol. The molecule has 6 nitrogen and oxygen atoms in total. The first-order chi connectivity index (χ1) is 8.91. The molecule has 0 rings (SSSR count). The lowest BCUT2D eigenvalue weighted by Gasteiger charge is -2.33. The summed E-state index contributed by atoms with van der Waals surface area (Å²) in [5.74, 6) is -0.332. The number of nitrogens with zero attached hydrogens (tertiary/aromatic N) is 1. The number of hydrogen-bond acceptors (Lipinski definition) is 5. The molecule has 2 atom stereocenters. The molecular weight excluding hydrogens is 246 g/mol. The Morgan fingerprint density at radius 3 is 2.42 bits per heavy atom. The third kappa shape index (κ3) is 6.33. The zero-order chi connectivity index (χ0) is 14.9. The Balaban J connectivity index is 4.50. The van der Waals surface area contributed by atoms with Gasteiger partial charge in [-0.1, -0.05) is 0 Å². The number of likely N-dealkylation sites (N-methyl/N-ethyl adjacent to an activating group) is 1. The molecule has 6 heteroatoms. The first-order valence-corrected chi connectivity index (χ1v) is 6.62. The number of amides is 1. The Morgan fingerprint density at radius 1 is 1.37 bits per heavy atom. The van der Waals surface area contributed by atoms with E-state index in [4.69, 9.17) is 15.2 Å². The van der Waals surface area contributed by atoms with Gasteiger partial charge in [-0.2, -0.15) is 0 Å². The van der Waals surface area contributed by atoms with E-state index in [0.29, 0.717) is 19.6 Å². The predicted octanol–water partition coefficient (Wildman–Crippen LogP) is -0.177. The molecule has 0 bridgehead atoms. The molecule has 0 aromatic rings. The second-order valence-corrected chi connectivity index (χ2v) is 5.03. The number of methoxy groups -OCH3 is 2. The molecule has 0 spiro atoms. The van der Waals surface area contributed by atoms with E-state index in [-0.39, 0.29) is 11.9 Å². The van der Waals surface area contributed by atoms with Gasteiger partial charge in [0.2, 0.25) is 5.91 Å². The molecule has 0 aromatic carbocycles. The minimum atomic E-state index is -0.682. The molecule has 19 heavy (non-hydrogen) atoms. The van der Waals surface area contributed by atoms with E-state index in [1.54, 1.807) is 21.3 Å². The standard InChI is InChI=1S/C13H29N3O3/c1-11(10-19-5)16(8-9-18-4)7-6-13(2,15-3)12(14)17/h11,15H,6-10H2,1-5H3,(H2,14,17). The topological polar surface area (TPSA) is 76.8 Å². The lowest BCUT2D eigenvalue weighted by molar-refractivity contribution is -0.124. The van der Waals surface area contributed by atoms with Gasteiger partial charge in [-0.05, 0) is 27.3 Å². The second-order valence-electron chi connectivity index (χ2n) is 5.03. The van der Waals surface area contributed by atoms with Crippen LogP contribution in [0.2, 0.25) is 0 Å². The summed E-state index contributed by atoms with van der Waals surface area (Å²) in [6.07, 6.45) is 0.649. The number of primary amides is 1. The minimum absolute atomic E-state index is 0.272. The quantitative estimate of drug-likeness (QED) is 0.547. The van der Waals surface area contributed by atoms with Crippen molar-refractivity contribution >= 4 is 5.91 Å². The Kier molecular flexibility index (Phi) is 8.92. The normalized spacial score (nSPS) is 16.3.